The molecule has 2 aliphatic heterocycles. The van der Waals surface area contributed by atoms with Crippen molar-refractivity contribution in [2.45, 2.75) is 18.6 Å². The first kappa shape index (κ1) is 19.4. The van der Waals surface area contributed by atoms with Gasteiger partial charge in [0.2, 0.25) is 5.95 Å². The van der Waals surface area contributed by atoms with Crippen LogP contribution in [0.5, 0.6) is 0 Å². The van der Waals surface area contributed by atoms with Gasteiger partial charge in [-0.1, -0.05) is 12.2 Å². The van der Waals surface area contributed by atoms with Crippen molar-refractivity contribution in [2.75, 3.05) is 51.6 Å². The van der Waals surface area contributed by atoms with Crippen molar-refractivity contribution < 1.29 is 13.2 Å². The van der Waals surface area contributed by atoms with E-state index in [2.05, 4.69) is 47.5 Å². The summed E-state index contributed by atoms with van der Waals surface area (Å²) in [5.74, 6) is 0.765. The number of nitrogens with one attached hydrogen (secondary N) is 2. The van der Waals surface area contributed by atoms with Gasteiger partial charge in [0.1, 0.15) is 5.69 Å². The average molecular weight is 383 g/mol. The van der Waals surface area contributed by atoms with Crippen LogP contribution in [0.25, 0.3) is 0 Å². The van der Waals surface area contributed by atoms with E-state index in [1.807, 2.05) is 0 Å². The minimum Gasteiger partial charge on any atom is -0.354 e. The summed E-state index contributed by atoms with van der Waals surface area (Å²) >= 11 is 0. The molecule has 7 nitrogen and oxygen atoms in total. The summed E-state index contributed by atoms with van der Waals surface area (Å²) in [6.45, 7) is 4.75. The molecule has 1 saturated heterocycles. The highest BCUT2D eigenvalue weighted by Crippen LogP contribution is 2.27. The number of guanidine groups is 1. The van der Waals surface area contributed by atoms with Crippen LogP contribution in [0.4, 0.5) is 19.1 Å². The predicted octanol–water partition coefficient (Wildman–Crippen LogP) is 1.43. The number of nitrogens with zero attached hydrogens (tertiary/aromatic N) is 5. The van der Waals surface area contributed by atoms with Gasteiger partial charge in [0.05, 0.1) is 0 Å². The summed E-state index contributed by atoms with van der Waals surface area (Å²) in [5, 5.41) is 6.05. The van der Waals surface area contributed by atoms with E-state index in [9.17, 15) is 13.2 Å². The third kappa shape index (κ3) is 5.09. The third-order valence-electron chi connectivity index (χ3n) is 4.67. The molecule has 0 radical (unpaired) electrons. The van der Waals surface area contributed by atoms with Gasteiger partial charge in [0.15, 0.2) is 5.96 Å². The van der Waals surface area contributed by atoms with Crippen LogP contribution < -0.4 is 10.6 Å². The molecule has 0 saturated carbocycles. The molecule has 1 atom stereocenters. The number of likely N-dealkylation sites (tertiary alicyclic amines) is 1. The normalized spacial score (nSPS) is 21.1. The monoisotopic (exact) mass is 383 g/mol. The fourth-order valence-electron chi connectivity index (χ4n) is 3.31. The summed E-state index contributed by atoms with van der Waals surface area (Å²) < 4.78 is 38.0. The van der Waals surface area contributed by atoms with Crippen LogP contribution in [-0.4, -0.2) is 78.1 Å². The highest BCUT2D eigenvalue weighted by Gasteiger charge is 2.33. The van der Waals surface area contributed by atoms with Crippen molar-refractivity contribution in [3.8, 4) is 0 Å². The lowest BCUT2D eigenvalue weighted by Gasteiger charge is -2.25. The zero-order chi connectivity index (χ0) is 19.3. The minimum absolute atomic E-state index is 0.0376. The van der Waals surface area contributed by atoms with E-state index in [1.165, 1.54) is 0 Å². The number of hydrogen-bond donors (Lipinski definition) is 2. The molecule has 10 heteroatoms. The second kappa shape index (κ2) is 8.55. The van der Waals surface area contributed by atoms with E-state index in [0.29, 0.717) is 19.1 Å². The molecular weight excluding hydrogens is 359 g/mol. The number of aromatic nitrogens is 2. The number of anilines is 1. The van der Waals surface area contributed by atoms with E-state index in [-0.39, 0.29) is 5.95 Å². The zero-order valence-corrected chi connectivity index (χ0v) is 15.2. The van der Waals surface area contributed by atoms with Crippen LogP contribution in [0.2, 0.25) is 0 Å². The van der Waals surface area contributed by atoms with E-state index in [4.69, 9.17) is 0 Å². The number of rotatable bonds is 5. The van der Waals surface area contributed by atoms with Crippen molar-refractivity contribution in [3.63, 3.8) is 0 Å². The number of alkyl halides is 3. The molecular formula is C17H24F3N7. The molecule has 0 aromatic carbocycles. The van der Waals surface area contributed by atoms with Crippen molar-refractivity contribution >= 4 is 11.9 Å². The van der Waals surface area contributed by atoms with Crippen LogP contribution in [0.1, 0.15) is 12.1 Å². The van der Waals surface area contributed by atoms with Crippen LogP contribution in [-0.2, 0) is 6.18 Å². The Labute approximate surface area is 156 Å². The first-order valence-electron chi connectivity index (χ1n) is 8.96. The predicted molar refractivity (Wildman–Crippen MR) is 97.6 cm³/mol. The van der Waals surface area contributed by atoms with Gasteiger partial charge in [-0.3, -0.25) is 9.89 Å². The Bertz CT molecular complexity index is 681. The summed E-state index contributed by atoms with van der Waals surface area (Å²) in [7, 11) is 1.73. The molecule has 148 valence electrons. The smallest absolute Gasteiger partial charge is 0.354 e. The Balaban J connectivity index is 1.43. The lowest BCUT2D eigenvalue weighted by Crippen LogP contribution is -2.44. The zero-order valence-electron chi connectivity index (χ0n) is 15.2. The Kier molecular flexibility index (Phi) is 6.15. The van der Waals surface area contributed by atoms with Gasteiger partial charge < -0.3 is 15.5 Å². The summed E-state index contributed by atoms with van der Waals surface area (Å²) in [6, 6.07) is 1.38. The standard InChI is InChI=1S/C17H24F3N7/c1-21-16(27-11-5-13(12-27)26-9-2-3-10-26)24-8-7-23-15-22-6-4-14(25-15)17(18,19)20/h2-4,6,13H,5,7-12H2,1H3,(H,21,24)(H,22,23,25). The van der Waals surface area contributed by atoms with Crippen molar-refractivity contribution in [1.29, 1.82) is 0 Å². The van der Waals surface area contributed by atoms with Gasteiger partial charge >= 0.3 is 6.18 Å². The second-order valence-corrected chi connectivity index (χ2v) is 6.48. The van der Waals surface area contributed by atoms with Crippen LogP contribution in [0, 0.1) is 0 Å². The largest absolute Gasteiger partial charge is 0.433 e. The van der Waals surface area contributed by atoms with E-state index in [1.54, 1.807) is 7.05 Å². The topological polar surface area (TPSA) is 68.7 Å². The Hall–Kier alpha value is -2.36. The second-order valence-electron chi connectivity index (χ2n) is 6.48. The molecule has 2 N–H and O–H groups in total. The van der Waals surface area contributed by atoms with Crippen LogP contribution in [0.3, 0.4) is 0 Å². The van der Waals surface area contributed by atoms with E-state index < -0.39 is 11.9 Å². The maximum absolute atomic E-state index is 12.7. The quantitative estimate of drug-likeness (QED) is 0.347. The first-order chi connectivity index (χ1) is 13.0. The Morgan fingerprint density at radius 3 is 2.78 bits per heavy atom. The maximum Gasteiger partial charge on any atom is 0.433 e. The van der Waals surface area contributed by atoms with Crippen LogP contribution in [0.15, 0.2) is 29.4 Å². The Morgan fingerprint density at radius 2 is 2.07 bits per heavy atom. The van der Waals surface area contributed by atoms with Crippen molar-refractivity contribution in [2.24, 2.45) is 4.99 Å². The number of halogens is 3. The maximum atomic E-state index is 12.7. The third-order valence-corrected chi connectivity index (χ3v) is 4.67. The first-order valence-corrected chi connectivity index (χ1v) is 8.96. The SMILES string of the molecule is CN=C(NCCNc1nccc(C(F)(F)F)n1)N1CCC(N2CC=CC2)C1. The number of aliphatic imine (C=N–C) groups is 1. The highest BCUT2D eigenvalue weighted by atomic mass is 19.4. The molecule has 0 amide bonds. The lowest BCUT2D eigenvalue weighted by atomic mass is 10.2. The molecule has 1 fully saturated rings. The summed E-state index contributed by atoms with van der Waals surface area (Å²) in [4.78, 5) is 16.3. The van der Waals surface area contributed by atoms with Crippen LogP contribution >= 0.6 is 0 Å². The molecule has 1 unspecified atom stereocenters. The van der Waals surface area contributed by atoms with Gasteiger partial charge in [0, 0.05) is 58.6 Å². The highest BCUT2D eigenvalue weighted by molar-refractivity contribution is 5.80. The molecule has 3 rings (SSSR count). The summed E-state index contributed by atoms with van der Waals surface area (Å²) in [6.07, 6.45) is 2.10. The molecule has 0 aliphatic carbocycles. The summed E-state index contributed by atoms with van der Waals surface area (Å²) in [5.41, 5.74) is -0.955. The molecule has 2 aliphatic rings. The van der Waals surface area contributed by atoms with Gasteiger partial charge in [0.25, 0.3) is 0 Å². The fourth-order valence-corrected chi connectivity index (χ4v) is 3.31. The molecule has 1 aromatic rings. The van der Waals surface area contributed by atoms with Gasteiger partial charge in [-0.2, -0.15) is 13.2 Å². The molecule has 1 aromatic heterocycles. The molecule has 0 bridgehead atoms. The van der Waals surface area contributed by atoms with Gasteiger partial charge in [-0.05, 0) is 12.5 Å². The van der Waals surface area contributed by atoms with Crippen molar-refractivity contribution in [3.05, 3.63) is 30.1 Å². The number of hydrogen-bond acceptors (Lipinski definition) is 5. The minimum atomic E-state index is -4.48. The molecule has 27 heavy (non-hydrogen) atoms. The van der Waals surface area contributed by atoms with Crippen molar-refractivity contribution in [1.82, 2.24) is 25.1 Å². The molecule has 3 heterocycles. The molecule has 0 spiro atoms. The fraction of sp³-hybridized carbons (Fsp3) is 0.588. The van der Waals surface area contributed by atoms with E-state index in [0.717, 1.165) is 50.8 Å². The Morgan fingerprint density at radius 1 is 1.30 bits per heavy atom. The van der Waals surface area contributed by atoms with E-state index >= 15 is 0 Å². The average Bonchev–Trinajstić information content (AvgIpc) is 3.33. The van der Waals surface area contributed by atoms with Gasteiger partial charge in [-0.25, -0.2) is 9.97 Å². The lowest BCUT2D eigenvalue weighted by molar-refractivity contribution is -0.141. The van der Waals surface area contributed by atoms with Gasteiger partial charge in [-0.15, -0.1) is 0 Å².